The second-order valence-corrected chi connectivity index (χ2v) is 10.4. The summed E-state index contributed by atoms with van der Waals surface area (Å²) in [5, 5.41) is 5.01. The third-order valence-corrected chi connectivity index (χ3v) is 7.11. The van der Waals surface area contributed by atoms with Crippen LogP contribution in [0.2, 0.25) is 0 Å². The van der Waals surface area contributed by atoms with E-state index in [1.807, 2.05) is 74.8 Å². The quantitative estimate of drug-likeness (QED) is 0.253. The third-order valence-electron chi connectivity index (χ3n) is 7.11. The van der Waals surface area contributed by atoms with Gasteiger partial charge in [-0.15, -0.1) is 0 Å². The summed E-state index contributed by atoms with van der Waals surface area (Å²) in [7, 11) is 2.15. The smallest absolute Gasteiger partial charge is 0.153 e. The number of likely N-dealkylation sites (N-methyl/N-ethyl adjacent to an activating group) is 1. The summed E-state index contributed by atoms with van der Waals surface area (Å²) in [5.74, 6) is 3.55. The number of hydrogen-bond acceptors (Lipinski definition) is 9. The molecule has 1 aliphatic heterocycles. The van der Waals surface area contributed by atoms with Crippen molar-refractivity contribution in [2.75, 3.05) is 25.9 Å². The summed E-state index contributed by atoms with van der Waals surface area (Å²) >= 11 is 0. The Morgan fingerprint density at radius 1 is 0.929 bits per heavy atom. The number of rotatable bonds is 7. The molecule has 1 aliphatic rings. The van der Waals surface area contributed by atoms with Crippen LogP contribution in [0.15, 0.2) is 61.2 Å². The minimum Gasteiger partial charge on any atom is -0.489 e. The number of ether oxygens (including phenoxy) is 2. The van der Waals surface area contributed by atoms with Gasteiger partial charge in [-0.1, -0.05) is 13.8 Å². The van der Waals surface area contributed by atoms with Crippen LogP contribution in [0.25, 0.3) is 16.7 Å². The Morgan fingerprint density at radius 2 is 1.67 bits per heavy atom. The molecule has 1 fully saturated rings. The molecule has 1 atom stereocenters. The number of benzene rings is 2. The van der Waals surface area contributed by atoms with Gasteiger partial charge in [-0.3, -0.25) is 0 Å². The molecular formula is C32H38N8O2. The monoisotopic (exact) mass is 566 g/mol. The van der Waals surface area contributed by atoms with Gasteiger partial charge in [-0.2, -0.15) is 5.10 Å². The Bertz CT molecular complexity index is 1630. The lowest BCUT2D eigenvalue weighted by molar-refractivity contribution is 0.248. The molecule has 218 valence electrons. The molecule has 10 nitrogen and oxygen atoms in total. The van der Waals surface area contributed by atoms with Crippen molar-refractivity contribution in [3.05, 3.63) is 83.8 Å². The minimum absolute atomic E-state index is 0.302. The number of nitrogen functional groups attached to an aromatic ring is 1. The molecule has 0 bridgehead atoms. The van der Waals surface area contributed by atoms with Gasteiger partial charge in [0.05, 0.1) is 11.4 Å². The molecule has 1 saturated heterocycles. The number of anilines is 1. The van der Waals surface area contributed by atoms with Crippen LogP contribution in [-0.4, -0.2) is 54.8 Å². The lowest BCUT2D eigenvalue weighted by atomic mass is 9.94. The molecule has 6 rings (SSSR count). The summed E-state index contributed by atoms with van der Waals surface area (Å²) in [4.78, 5) is 19.6. The molecule has 0 aliphatic carbocycles. The molecule has 0 spiro atoms. The topological polar surface area (TPSA) is 117 Å². The highest BCUT2D eigenvalue weighted by Crippen LogP contribution is 2.34. The number of nitrogens with two attached hydrogens (primary N) is 1. The second kappa shape index (κ2) is 12.9. The van der Waals surface area contributed by atoms with Gasteiger partial charge in [0.15, 0.2) is 5.82 Å². The molecule has 5 aromatic rings. The van der Waals surface area contributed by atoms with Crippen molar-refractivity contribution < 1.29 is 9.47 Å². The molecule has 0 unspecified atom stereocenters. The standard InChI is InChI=1S/C30H32N8O2.C2H6/c1-19-11-25(39-17-21-14-32-20(2)33-15-21)13-26(12-19)40-24-8-6-23(7-9-24)38-29-28(34-18-35-30(29)31)27(36-38)22-5-4-10-37(3)16-22;1-2/h6-9,11-15,18,22H,4-5,10,16-17H2,1-3H3,(H2,31,34,35);1-2H3/t22-;/m1./s1. The first-order valence-electron chi connectivity index (χ1n) is 14.4. The molecular weight excluding hydrogens is 528 g/mol. The highest BCUT2D eigenvalue weighted by atomic mass is 16.5. The van der Waals surface area contributed by atoms with Crippen LogP contribution in [0, 0.1) is 13.8 Å². The van der Waals surface area contributed by atoms with E-state index in [4.69, 9.17) is 20.3 Å². The fourth-order valence-electron chi connectivity index (χ4n) is 5.15. The van der Waals surface area contributed by atoms with Crippen molar-refractivity contribution in [1.29, 1.82) is 0 Å². The maximum atomic E-state index is 6.33. The Balaban J connectivity index is 0.00000173. The number of fused-ring (bicyclic) bond motifs is 1. The van der Waals surface area contributed by atoms with E-state index in [0.717, 1.165) is 65.3 Å². The molecule has 10 heteroatoms. The fourth-order valence-corrected chi connectivity index (χ4v) is 5.15. The molecule has 0 amide bonds. The average Bonchev–Trinajstić information content (AvgIpc) is 3.39. The molecule has 3 aromatic heterocycles. The largest absolute Gasteiger partial charge is 0.489 e. The van der Waals surface area contributed by atoms with E-state index in [9.17, 15) is 0 Å². The molecule has 0 radical (unpaired) electrons. The minimum atomic E-state index is 0.302. The fraction of sp³-hybridized carbons (Fsp3) is 0.344. The van der Waals surface area contributed by atoms with Gasteiger partial charge in [-0.25, -0.2) is 24.6 Å². The number of piperidine rings is 1. The van der Waals surface area contributed by atoms with E-state index in [0.29, 0.717) is 35.6 Å². The predicted molar refractivity (Wildman–Crippen MR) is 164 cm³/mol. The zero-order valence-electron chi connectivity index (χ0n) is 24.9. The lowest BCUT2D eigenvalue weighted by Gasteiger charge is -2.28. The first kappa shape index (κ1) is 28.9. The van der Waals surface area contributed by atoms with Crippen LogP contribution in [0.1, 0.15) is 55.3 Å². The number of aromatic nitrogens is 6. The van der Waals surface area contributed by atoms with Gasteiger partial charge < -0.3 is 20.1 Å². The van der Waals surface area contributed by atoms with Crippen LogP contribution in [0.5, 0.6) is 17.2 Å². The summed E-state index contributed by atoms with van der Waals surface area (Å²) in [5.41, 5.74) is 11.7. The second-order valence-electron chi connectivity index (χ2n) is 10.4. The highest BCUT2D eigenvalue weighted by Gasteiger charge is 2.26. The van der Waals surface area contributed by atoms with Gasteiger partial charge in [0, 0.05) is 36.5 Å². The van der Waals surface area contributed by atoms with Crippen LogP contribution in [-0.2, 0) is 6.61 Å². The predicted octanol–water partition coefficient (Wildman–Crippen LogP) is 6.01. The van der Waals surface area contributed by atoms with Crippen LogP contribution in [0.3, 0.4) is 0 Å². The van der Waals surface area contributed by atoms with E-state index < -0.39 is 0 Å². The van der Waals surface area contributed by atoms with Gasteiger partial charge >= 0.3 is 0 Å². The normalized spacial score (nSPS) is 15.2. The summed E-state index contributed by atoms with van der Waals surface area (Å²) in [6.45, 7) is 10.3. The summed E-state index contributed by atoms with van der Waals surface area (Å²) in [6, 6.07) is 13.6. The first-order valence-corrected chi connectivity index (χ1v) is 14.4. The zero-order valence-corrected chi connectivity index (χ0v) is 24.9. The Morgan fingerprint density at radius 3 is 2.40 bits per heavy atom. The number of hydrogen-bond donors (Lipinski definition) is 1. The van der Waals surface area contributed by atoms with Gasteiger partial charge in [0.25, 0.3) is 0 Å². The molecule has 42 heavy (non-hydrogen) atoms. The number of likely N-dealkylation sites (tertiary alicyclic amines) is 1. The van der Waals surface area contributed by atoms with Crippen LogP contribution in [0.4, 0.5) is 5.82 Å². The average molecular weight is 567 g/mol. The molecule has 2 N–H and O–H groups in total. The van der Waals surface area contributed by atoms with E-state index in [1.165, 1.54) is 6.33 Å². The summed E-state index contributed by atoms with van der Waals surface area (Å²) in [6.07, 6.45) is 7.28. The van der Waals surface area contributed by atoms with Crippen molar-refractivity contribution >= 4 is 16.9 Å². The Hall–Kier alpha value is -4.57. The molecule has 4 heterocycles. The Labute approximate surface area is 246 Å². The van der Waals surface area contributed by atoms with E-state index >= 15 is 0 Å². The zero-order chi connectivity index (χ0) is 29.6. The summed E-state index contributed by atoms with van der Waals surface area (Å²) < 4.78 is 14.0. The maximum absolute atomic E-state index is 6.33. The van der Waals surface area contributed by atoms with Gasteiger partial charge in [0.1, 0.15) is 47.0 Å². The van der Waals surface area contributed by atoms with E-state index in [2.05, 4.69) is 31.9 Å². The van der Waals surface area contributed by atoms with Gasteiger partial charge in [0.2, 0.25) is 0 Å². The van der Waals surface area contributed by atoms with Crippen molar-refractivity contribution in [3.63, 3.8) is 0 Å². The maximum Gasteiger partial charge on any atom is 0.153 e. The number of aryl methyl sites for hydroxylation is 2. The van der Waals surface area contributed by atoms with Crippen LogP contribution >= 0.6 is 0 Å². The van der Waals surface area contributed by atoms with E-state index in [-0.39, 0.29) is 0 Å². The molecule has 2 aromatic carbocycles. The lowest BCUT2D eigenvalue weighted by Crippen LogP contribution is -2.31. The Kier molecular flexibility index (Phi) is 8.92. The number of nitrogens with zero attached hydrogens (tertiary/aromatic N) is 7. The van der Waals surface area contributed by atoms with E-state index in [1.54, 1.807) is 12.4 Å². The molecule has 0 saturated carbocycles. The van der Waals surface area contributed by atoms with Gasteiger partial charge in [-0.05, 0) is 82.2 Å². The van der Waals surface area contributed by atoms with Crippen molar-refractivity contribution in [1.82, 2.24) is 34.6 Å². The highest BCUT2D eigenvalue weighted by molar-refractivity contribution is 5.88. The SMILES string of the molecule is CC.Cc1cc(OCc2cnc(C)nc2)cc(Oc2ccc(-n3nc([C@@H]4CCCN(C)C4)c4ncnc(N)c43)cc2)c1. The van der Waals surface area contributed by atoms with Crippen molar-refractivity contribution in [2.24, 2.45) is 0 Å². The van der Waals surface area contributed by atoms with Crippen molar-refractivity contribution in [2.45, 2.75) is 53.1 Å². The first-order chi connectivity index (χ1) is 20.4. The van der Waals surface area contributed by atoms with Crippen LogP contribution < -0.4 is 15.2 Å². The van der Waals surface area contributed by atoms with Crippen molar-refractivity contribution in [3.8, 4) is 22.9 Å². The third kappa shape index (κ3) is 6.49.